The van der Waals surface area contributed by atoms with Gasteiger partial charge in [-0.1, -0.05) is 32.9 Å². The average molecular weight is 331 g/mol. The van der Waals surface area contributed by atoms with E-state index in [9.17, 15) is 4.79 Å². The number of nitrogens with zero attached hydrogens (tertiary/aromatic N) is 3. The standard InChI is InChI=1S/C21H21N3O/c1-21(2,3)20(25)16-9-10-18-17(12-16)23-19(24(18)4)11-14-5-7-15(13-22)8-6-14/h5-10,12H,11H2,1-4H3. The van der Waals surface area contributed by atoms with Gasteiger partial charge in [-0.05, 0) is 35.9 Å². The number of aromatic nitrogens is 2. The Morgan fingerprint density at radius 2 is 1.84 bits per heavy atom. The van der Waals surface area contributed by atoms with E-state index >= 15 is 0 Å². The number of Topliss-reactive ketones (excluding diaryl/α,β-unsaturated/α-hetero) is 1. The zero-order valence-electron chi connectivity index (χ0n) is 15.0. The Labute approximate surface area is 147 Å². The summed E-state index contributed by atoms with van der Waals surface area (Å²) in [5, 5.41) is 8.89. The van der Waals surface area contributed by atoms with Crippen LogP contribution in [0.2, 0.25) is 0 Å². The molecule has 0 radical (unpaired) electrons. The molecule has 0 unspecified atom stereocenters. The Hall–Kier alpha value is -2.93. The number of aryl methyl sites for hydroxylation is 1. The lowest BCUT2D eigenvalue weighted by Crippen LogP contribution is -2.20. The normalized spacial score (nSPS) is 11.5. The van der Waals surface area contributed by atoms with Crippen LogP contribution in [0.4, 0.5) is 0 Å². The monoisotopic (exact) mass is 331 g/mol. The summed E-state index contributed by atoms with van der Waals surface area (Å²) in [5.41, 5.74) is 3.88. The molecule has 25 heavy (non-hydrogen) atoms. The maximum Gasteiger partial charge on any atom is 0.168 e. The van der Waals surface area contributed by atoms with Crippen LogP contribution < -0.4 is 0 Å². The van der Waals surface area contributed by atoms with Crippen molar-refractivity contribution in [1.82, 2.24) is 9.55 Å². The van der Waals surface area contributed by atoms with Crippen LogP contribution >= 0.6 is 0 Å². The molecule has 0 spiro atoms. The van der Waals surface area contributed by atoms with Crippen molar-refractivity contribution in [2.24, 2.45) is 12.5 Å². The van der Waals surface area contributed by atoms with Gasteiger partial charge in [0.15, 0.2) is 5.78 Å². The van der Waals surface area contributed by atoms with Crippen molar-refractivity contribution in [1.29, 1.82) is 5.26 Å². The molecule has 0 saturated heterocycles. The summed E-state index contributed by atoms with van der Waals surface area (Å²) >= 11 is 0. The highest BCUT2D eigenvalue weighted by molar-refractivity contribution is 6.02. The van der Waals surface area contributed by atoms with Crippen LogP contribution in [0.5, 0.6) is 0 Å². The van der Waals surface area contributed by atoms with Crippen LogP contribution in [0.25, 0.3) is 11.0 Å². The molecule has 0 N–H and O–H groups in total. The van der Waals surface area contributed by atoms with E-state index in [1.165, 1.54) is 0 Å². The maximum absolute atomic E-state index is 12.5. The minimum absolute atomic E-state index is 0.119. The fourth-order valence-corrected chi connectivity index (χ4v) is 2.86. The molecular formula is C21H21N3O. The van der Waals surface area contributed by atoms with Crippen LogP contribution in [0.1, 0.15) is 48.1 Å². The lowest BCUT2D eigenvalue weighted by Gasteiger charge is -2.16. The van der Waals surface area contributed by atoms with Crippen molar-refractivity contribution < 1.29 is 4.79 Å². The van der Waals surface area contributed by atoms with Gasteiger partial charge in [0.1, 0.15) is 5.82 Å². The van der Waals surface area contributed by atoms with Crippen LogP contribution in [-0.2, 0) is 13.5 Å². The summed E-state index contributed by atoms with van der Waals surface area (Å²) in [4.78, 5) is 17.2. The van der Waals surface area contributed by atoms with E-state index in [0.29, 0.717) is 17.5 Å². The van der Waals surface area contributed by atoms with Crippen LogP contribution in [0.15, 0.2) is 42.5 Å². The molecule has 0 aliphatic heterocycles. The second-order valence-corrected chi connectivity index (χ2v) is 7.36. The molecule has 4 nitrogen and oxygen atoms in total. The molecule has 1 heterocycles. The van der Waals surface area contributed by atoms with Crippen molar-refractivity contribution in [3.63, 3.8) is 0 Å². The van der Waals surface area contributed by atoms with E-state index in [-0.39, 0.29) is 5.78 Å². The number of rotatable bonds is 3. The van der Waals surface area contributed by atoms with Crippen molar-refractivity contribution >= 4 is 16.8 Å². The number of ketones is 1. The van der Waals surface area contributed by atoms with Crippen molar-refractivity contribution in [3.05, 3.63) is 65.0 Å². The topological polar surface area (TPSA) is 58.7 Å². The van der Waals surface area contributed by atoms with Gasteiger partial charge >= 0.3 is 0 Å². The van der Waals surface area contributed by atoms with Crippen LogP contribution in [-0.4, -0.2) is 15.3 Å². The lowest BCUT2D eigenvalue weighted by atomic mass is 9.86. The maximum atomic E-state index is 12.5. The Morgan fingerprint density at radius 1 is 1.16 bits per heavy atom. The van der Waals surface area contributed by atoms with Gasteiger partial charge in [-0.25, -0.2) is 4.98 Å². The number of fused-ring (bicyclic) bond motifs is 1. The number of benzene rings is 2. The molecule has 0 aliphatic rings. The molecule has 3 rings (SSSR count). The lowest BCUT2D eigenvalue weighted by molar-refractivity contribution is 0.0858. The molecular weight excluding hydrogens is 310 g/mol. The molecule has 0 atom stereocenters. The number of hydrogen-bond acceptors (Lipinski definition) is 3. The zero-order chi connectivity index (χ0) is 18.2. The van der Waals surface area contributed by atoms with Gasteiger partial charge in [0.2, 0.25) is 0 Å². The van der Waals surface area contributed by atoms with Crippen LogP contribution in [0.3, 0.4) is 0 Å². The summed E-state index contributed by atoms with van der Waals surface area (Å²) in [6, 6.07) is 15.4. The molecule has 2 aromatic carbocycles. The van der Waals surface area contributed by atoms with Gasteiger partial charge in [-0.15, -0.1) is 0 Å². The average Bonchev–Trinajstić information content (AvgIpc) is 2.89. The summed E-state index contributed by atoms with van der Waals surface area (Å²) in [5.74, 6) is 1.05. The summed E-state index contributed by atoms with van der Waals surface area (Å²) < 4.78 is 2.05. The molecule has 0 amide bonds. The number of nitriles is 1. The highest BCUT2D eigenvalue weighted by Crippen LogP contribution is 2.24. The van der Waals surface area contributed by atoms with E-state index in [1.807, 2.05) is 70.3 Å². The molecule has 0 bridgehead atoms. The fourth-order valence-electron chi connectivity index (χ4n) is 2.86. The zero-order valence-corrected chi connectivity index (χ0v) is 15.0. The Kier molecular flexibility index (Phi) is 4.18. The SMILES string of the molecule is Cn1c(Cc2ccc(C#N)cc2)nc2cc(C(=O)C(C)(C)C)ccc21. The van der Waals surface area contributed by atoms with Crippen molar-refractivity contribution in [3.8, 4) is 6.07 Å². The van der Waals surface area contributed by atoms with Crippen LogP contribution in [0, 0.1) is 16.7 Å². The Morgan fingerprint density at radius 3 is 2.44 bits per heavy atom. The molecule has 0 aliphatic carbocycles. The van der Waals surface area contributed by atoms with Gasteiger partial charge in [0, 0.05) is 24.4 Å². The van der Waals surface area contributed by atoms with Gasteiger partial charge in [0.25, 0.3) is 0 Å². The highest BCUT2D eigenvalue weighted by Gasteiger charge is 2.23. The second-order valence-electron chi connectivity index (χ2n) is 7.36. The molecule has 4 heteroatoms. The first-order chi connectivity index (χ1) is 11.8. The largest absolute Gasteiger partial charge is 0.331 e. The quantitative estimate of drug-likeness (QED) is 0.674. The second kappa shape index (κ2) is 6.18. The third kappa shape index (κ3) is 3.32. The molecule has 126 valence electrons. The summed E-state index contributed by atoms with van der Waals surface area (Å²) in [6.45, 7) is 5.77. The minimum atomic E-state index is -0.409. The van der Waals surface area contributed by atoms with E-state index < -0.39 is 5.41 Å². The first-order valence-corrected chi connectivity index (χ1v) is 8.29. The molecule has 0 saturated carbocycles. The Balaban J connectivity index is 1.96. The third-order valence-electron chi connectivity index (χ3n) is 4.36. The first-order valence-electron chi connectivity index (χ1n) is 8.29. The molecule has 0 fully saturated rings. The summed E-state index contributed by atoms with van der Waals surface area (Å²) in [7, 11) is 1.99. The highest BCUT2D eigenvalue weighted by atomic mass is 16.1. The number of carbonyl (C=O) groups is 1. The van der Waals surface area contributed by atoms with Crippen molar-refractivity contribution in [2.75, 3.05) is 0 Å². The predicted octanol–water partition coefficient (Wildman–Crippen LogP) is 4.26. The van der Waals surface area contributed by atoms with E-state index in [1.54, 1.807) is 0 Å². The van der Waals surface area contributed by atoms with E-state index in [2.05, 4.69) is 10.6 Å². The van der Waals surface area contributed by atoms with Gasteiger partial charge in [-0.3, -0.25) is 4.79 Å². The number of hydrogen-bond donors (Lipinski definition) is 0. The number of imidazole rings is 1. The van der Waals surface area contributed by atoms with Gasteiger partial charge in [-0.2, -0.15) is 5.26 Å². The van der Waals surface area contributed by atoms with Gasteiger partial charge < -0.3 is 4.57 Å². The smallest absolute Gasteiger partial charge is 0.168 e. The van der Waals surface area contributed by atoms with E-state index in [0.717, 1.165) is 22.4 Å². The first kappa shape index (κ1) is 16.9. The third-order valence-corrected chi connectivity index (χ3v) is 4.36. The molecule has 1 aromatic heterocycles. The van der Waals surface area contributed by atoms with E-state index in [4.69, 9.17) is 10.2 Å². The molecule has 3 aromatic rings. The predicted molar refractivity (Wildman–Crippen MR) is 98.5 cm³/mol. The van der Waals surface area contributed by atoms with Crippen molar-refractivity contribution in [2.45, 2.75) is 27.2 Å². The fraction of sp³-hybridized carbons (Fsp3) is 0.286. The van der Waals surface area contributed by atoms with Gasteiger partial charge in [0.05, 0.1) is 22.7 Å². The summed E-state index contributed by atoms with van der Waals surface area (Å²) in [6.07, 6.45) is 0.680. The number of carbonyl (C=O) groups excluding carboxylic acids is 1. The minimum Gasteiger partial charge on any atom is -0.331 e. The Bertz CT molecular complexity index is 983.